The Balaban J connectivity index is 2.61. The zero-order valence-electron chi connectivity index (χ0n) is 12.5. The molecule has 0 radical (unpaired) electrons. The number of nitriles is 1. The first kappa shape index (κ1) is 15.2. The molecule has 0 aliphatic rings. The summed E-state index contributed by atoms with van der Waals surface area (Å²) in [5.41, 5.74) is 0.468. The van der Waals surface area contributed by atoms with Crippen LogP contribution in [0.5, 0.6) is 0 Å². The van der Waals surface area contributed by atoms with E-state index in [1.807, 2.05) is 6.07 Å². The first-order valence-electron chi connectivity index (χ1n) is 6.21. The second-order valence-electron chi connectivity index (χ2n) is 4.75. The Morgan fingerprint density at radius 1 is 1.50 bits per heavy atom. The van der Waals surface area contributed by atoms with E-state index < -0.39 is 4.92 Å². The van der Waals surface area contributed by atoms with E-state index in [4.69, 9.17) is 0 Å². The number of hydrogen-bond acceptors (Lipinski definition) is 6. The molecular formula is C12H14N8O2. The number of imidazole rings is 1. The molecule has 114 valence electrons. The van der Waals surface area contributed by atoms with Gasteiger partial charge in [0.25, 0.3) is 5.82 Å². The summed E-state index contributed by atoms with van der Waals surface area (Å²) in [4.78, 5) is 20.3. The Hall–Kier alpha value is -3.22. The van der Waals surface area contributed by atoms with Crippen molar-refractivity contribution in [2.24, 2.45) is 19.1 Å². The first-order valence-corrected chi connectivity index (χ1v) is 6.21. The highest BCUT2D eigenvalue weighted by Gasteiger charge is 2.26. The van der Waals surface area contributed by atoms with Gasteiger partial charge in [-0.3, -0.25) is 0 Å². The van der Waals surface area contributed by atoms with Crippen molar-refractivity contribution in [1.29, 1.82) is 5.26 Å². The van der Waals surface area contributed by atoms with Gasteiger partial charge in [0.05, 0.1) is 13.4 Å². The minimum Gasteiger partial charge on any atom is -0.369 e. The lowest BCUT2D eigenvalue weighted by atomic mass is 10.2. The van der Waals surface area contributed by atoms with Crippen molar-refractivity contribution >= 4 is 18.0 Å². The minimum absolute atomic E-state index is 0.178. The van der Waals surface area contributed by atoms with E-state index in [-0.39, 0.29) is 22.9 Å². The summed E-state index contributed by atoms with van der Waals surface area (Å²) < 4.78 is 2.72. The second-order valence-corrected chi connectivity index (χ2v) is 4.75. The molecule has 0 aromatic carbocycles. The maximum Gasteiger partial charge on any atom is 0.342 e. The van der Waals surface area contributed by atoms with Gasteiger partial charge in [0.1, 0.15) is 17.8 Å². The lowest BCUT2D eigenvalue weighted by Crippen LogP contribution is -2.07. The molecule has 2 heterocycles. The molecule has 2 aromatic rings. The normalized spacial score (nSPS) is 10.9. The Kier molecular flexibility index (Phi) is 3.89. The van der Waals surface area contributed by atoms with Crippen molar-refractivity contribution < 1.29 is 4.92 Å². The maximum absolute atomic E-state index is 10.9. The van der Waals surface area contributed by atoms with Crippen LogP contribution in [0.3, 0.4) is 0 Å². The number of nitro groups is 1. The summed E-state index contributed by atoms with van der Waals surface area (Å²) in [7, 11) is 6.74. The number of rotatable bonds is 4. The highest BCUT2D eigenvalue weighted by molar-refractivity contribution is 5.72. The van der Waals surface area contributed by atoms with Crippen molar-refractivity contribution in [2.45, 2.75) is 0 Å². The Bertz CT molecular complexity index is 793. The lowest BCUT2D eigenvalue weighted by molar-refractivity contribution is -0.391. The quantitative estimate of drug-likeness (QED) is 0.357. The largest absolute Gasteiger partial charge is 0.369 e. The molecule has 0 unspecified atom stereocenters. The molecule has 0 saturated carbocycles. The van der Waals surface area contributed by atoms with E-state index in [2.05, 4.69) is 15.1 Å². The number of aromatic nitrogens is 4. The Labute approximate surface area is 126 Å². The summed E-state index contributed by atoms with van der Waals surface area (Å²) in [6.45, 7) is 0. The molecule has 0 saturated heterocycles. The fraction of sp³-hybridized carbons (Fsp3) is 0.333. The molecule has 0 N–H and O–H groups in total. The molecule has 2 aromatic heterocycles. The zero-order chi connectivity index (χ0) is 16.4. The minimum atomic E-state index is -0.545. The van der Waals surface area contributed by atoms with Crippen molar-refractivity contribution in [3.63, 3.8) is 0 Å². The summed E-state index contributed by atoms with van der Waals surface area (Å²) >= 11 is 0. The van der Waals surface area contributed by atoms with Gasteiger partial charge in [0.2, 0.25) is 0 Å². The smallest absolute Gasteiger partial charge is 0.342 e. The van der Waals surface area contributed by atoms with Gasteiger partial charge in [-0.1, -0.05) is 0 Å². The van der Waals surface area contributed by atoms with Gasteiger partial charge < -0.3 is 15.0 Å². The lowest BCUT2D eigenvalue weighted by Gasteiger charge is -2.02. The molecule has 0 amide bonds. The van der Waals surface area contributed by atoms with Crippen LogP contribution in [-0.4, -0.2) is 49.6 Å². The van der Waals surface area contributed by atoms with E-state index in [9.17, 15) is 15.4 Å². The van der Waals surface area contributed by atoms with Gasteiger partial charge in [-0.2, -0.15) is 10.4 Å². The summed E-state index contributed by atoms with van der Waals surface area (Å²) in [5.74, 6) is 0.421. The number of aryl methyl sites for hydroxylation is 1. The summed E-state index contributed by atoms with van der Waals surface area (Å²) in [6.07, 6.45) is 2.68. The number of nitrogens with zero attached hydrogens (tertiary/aromatic N) is 8. The van der Waals surface area contributed by atoms with E-state index in [0.29, 0.717) is 5.82 Å². The second kappa shape index (κ2) is 5.65. The number of hydrogen-bond donors (Lipinski definition) is 0. The van der Waals surface area contributed by atoms with Crippen molar-refractivity contribution in [2.75, 3.05) is 14.1 Å². The molecule has 0 atom stereocenters. The van der Waals surface area contributed by atoms with Crippen LogP contribution in [0.4, 0.5) is 11.6 Å². The fourth-order valence-corrected chi connectivity index (χ4v) is 1.88. The van der Waals surface area contributed by atoms with Gasteiger partial charge in [-0.05, 0) is 4.92 Å². The van der Waals surface area contributed by atoms with Crippen LogP contribution < -0.4 is 0 Å². The first-order chi connectivity index (χ1) is 10.4. The van der Waals surface area contributed by atoms with Crippen LogP contribution in [0, 0.1) is 21.4 Å². The molecule has 0 aliphatic carbocycles. The molecule has 0 aliphatic heterocycles. The van der Waals surface area contributed by atoms with Crippen LogP contribution in [-0.2, 0) is 14.1 Å². The standard InChI is InChI=1S/C12H14N8O2/c1-17(2)7-15-11-8(5-13)10(16-19(11)4)12-14-6-9(18(12)3)20(21)22/h6-7H,1-4H3/b15-7+. The predicted octanol–water partition coefficient (Wildman–Crippen LogP) is 0.822. The Morgan fingerprint density at radius 3 is 2.68 bits per heavy atom. The van der Waals surface area contributed by atoms with Crippen LogP contribution in [0.1, 0.15) is 5.56 Å². The third kappa shape index (κ3) is 2.51. The van der Waals surface area contributed by atoms with Crippen molar-refractivity contribution in [3.05, 3.63) is 21.9 Å². The van der Waals surface area contributed by atoms with Gasteiger partial charge in [-0.25, -0.2) is 19.2 Å². The zero-order valence-corrected chi connectivity index (χ0v) is 12.5. The predicted molar refractivity (Wildman–Crippen MR) is 78.6 cm³/mol. The van der Waals surface area contributed by atoms with Crippen molar-refractivity contribution in [3.8, 4) is 17.6 Å². The van der Waals surface area contributed by atoms with E-state index in [1.54, 1.807) is 32.4 Å². The molecule has 0 spiro atoms. The molecular weight excluding hydrogens is 288 g/mol. The van der Waals surface area contributed by atoms with Crippen LogP contribution >= 0.6 is 0 Å². The topological polar surface area (TPSA) is 118 Å². The SMILES string of the molecule is CN(C)/C=N/c1c(C#N)c(-c2ncc([N+](=O)[O-])n2C)nn1C. The highest BCUT2D eigenvalue weighted by atomic mass is 16.6. The van der Waals surface area contributed by atoms with Gasteiger partial charge in [0, 0.05) is 21.1 Å². The molecule has 0 bridgehead atoms. The van der Waals surface area contributed by atoms with Crippen molar-refractivity contribution in [1.82, 2.24) is 24.2 Å². The average molecular weight is 302 g/mol. The molecule has 2 rings (SSSR count). The van der Waals surface area contributed by atoms with E-state index in [0.717, 1.165) is 6.20 Å². The maximum atomic E-state index is 10.9. The van der Waals surface area contributed by atoms with Gasteiger partial charge in [-0.15, -0.1) is 0 Å². The third-order valence-electron chi connectivity index (χ3n) is 2.90. The summed E-state index contributed by atoms with van der Waals surface area (Å²) in [5, 5.41) is 24.5. The van der Waals surface area contributed by atoms with Crippen LogP contribution in [0.25, 0.3) is 11.5 Å². The third-order valence-corrected chi connectivity index (χ3v) is 2.90. The van der Waals surface area contributed by atoms with E-state index in [1.165, 1.54) is 16.3 Å². The molecule has 10 heteroatoms. The van der Waals surface area contributed by atoms with Gasteiger partial charge >= 0.3 is 5.82 Å². The monoisotopic (exact) mass is 302 g/mol. The van der Waals surface area contributed by atoms with Gasteiger partial charge in [0.15, 0.2) is 11.5 Å². The Morgan fingerprint density at radius 2 is 2.18 bits per heavy atom. The van der Waals surface area contributed by atoms with E-state index >= 15 is 0 Å². The summed E-state index contributed by atoms with van der Waals surface area (Å²) in [6, 6.07) is 2.03. The van der Waals surface area contributed by atoms with Crippen LogP contribution in [0.15, 0.2) is 11.2 Å². The van der Waals surface area contributed by atoms with Crippen LogP contribution in [0.2, 0.25) is 0 Å². The molecule has 22 heavy (non-hydrogen) atoms. The number of aliphatic imine (C=N–C) groups is 1. The average Bonchev–Trinajstić information content (AvgIpc) is 2.96. The molecule has 0 fully saturated rings. The highest BCUT2D eigenvalue weighted by Crippen LogP contribution is 2.30. The fourth-order valence-electron chi connectivity index (χ4n) is 1.88. The molecule has 10 nitrogen and oxygen atoms in total.